The van der Waals surface area contributed by atoms with E-state index in [0.29, 0.717) is 19.5 Å². The number of ether oxygens (including phenoxy) is 3. The number of hydrogen-bond donors (Lipinski definition) is 2. The highest BCUT2D eigenvalue weighted by molar-refractivity contribution is 5.90. The molecule has 248 valence electrons. The Labute approximate surface area is 276 Å². The average molecular weight is 642 g/mol. The molecule has 47 heavy (non-hydrogen) atoms. The molecule has 1 aliphatic rings. The average Bonchev–Trinajstić information content (AvgIpc) is 3.04. The Balaban J connectivity index is 1.69. The molecule has 0 unspecified atom stereocenters. The quantitative estimate of drug-likeness (QED) is 0.280. The Kier molecular flexibility index (Phi) is 11.8. The van der Waals surface area contributed by atoms with Crippen molar-refractivity contribution in [2.75, 3.05) is 13.1 Å². The van der Waals surface area contributed by atoms with Crippen LogP contribution in [0.15, 0.2) is 103 Å². The largest absolute Gasteiger partial charge is 0.471 e. The first-order valence-electron chi connectivity index (χ1n) is 15.7. The number of likely N-dealkylation sites (N-methyl/N-ethyl adjacent to an activating group) is 1. The second-order valence-corrected chi connectivity index (χ2v) is 12.2. The summed E-state index contributed by atoms with van der Waals surface area (Å²) in [5, 5.41) is 5.48. The summed E-state index contributed by atoms with van der Waals surface area (Å²) in [7, 11) is 0. The SMILES string of the molecule is CCN(CCc1ccccc1)C(=O)[C@@H]1OC(C(=O)OC(c2ccccc2)c2ccccc2)=C[C@H](NC(=O)OC(C)(C)C)[C@H]1NC(C)=O. The third-order valence-electron chi connectivity index (χ3n) is 7.43. The van der Waals surface area contributed by atoms with E-state index in [4.69, 9.17) is 14.2 Å². The van der Waals surface area contributed by atoms with E-state index in [1.54, 1.807) is 25.7 Å². The van der Waals surface area contributed by atoms with E-state index in [1.807, 2.05) is 97.9 Å². The van der Waals surface area contributed by atoms with E-state index in [1.165, 1.54) is 13.0 Å². The van der Waals surface area contributed by atoms with E-state index in [9.17, 15) is 19.2 Å². The van der Waals surface area contributed by atoms with Crippen LogP contribution in [-0.4, -0.2) is 65.7 Å². The number of carbonyl (C=O) groups is 4. The second-order valence-electron chi connectivity index (χ2n) is 12.2. The lowest BCUT2D eigenvalue weighted by molar-refractivity contribution is -0.154. The maximum atomic E-state index is 14.2. The van der Waals surface area contributed by atoms with Gasteiger partial charge in [0, 0.05) is 20.0 Å². The van der Waals surface area contributed by atoms with E-state index in [-0.39, 0.29) is 5.76 Å². The molecule has 3 aromatic rings. The molecule has 0 saturated heterocycles. The molecule has 0 fully saturated rings. The van der Waals surface area contributed by atoms with Gasteiger partial charge in [-0.1, -0.05) is 91.0 Å². The molecule has 2 N–H and O–H groups in total. The fourth-order valence-corrected chi connectivity index (χ4v) is 5.26. The van der Waals surface area contributed by atoms with E-state index >= 15 is 0 Å². The number of carbonyl (C=O) groups excluding carboxylic acids is 4. The second kappa shape index (κ2) is 15.9. The van der Waals surface area contributed by atoms with Crippen molar-refractivity contribution in [3.05, 3.63) is 120 Å². The minimum absolute atomic E-state index is 0.276. The summed E-state index contributed by atoms with van der Waals surface area (Å²) >= 11 is 0. The van der Waals surface area contributed by atoms with Gasteiger partial charge >= 0.3 is 12.1 Å². The van der Waals surface area contributed by atoms with Crippen molar-refractivity contribution >= 4 is 23.9 Å². The molecule has 1 aliphatic heterocycles. The minimum Gasteiger partial charge on any atom is -0.471 e. The molecule has 4 rings (SSSR count). The zero-order valence-corrected chi connectivity index (χ0v) is 27.5. The van der Waals surface area contributed by atoms with Gasteiger partial charge in [0.15, 0.2) is 12.2 Å². The molecule has 10 nitrogen and oxygen atoms in total. The van der Waals surface area contributed by atoms with Crippen LogP contribution in [0.4, 0.5) is 4.79 Å². The number of nitrogens with one attached hydrogen (secondary N) is 2. The number of amides is 3. The third-order valence-corrected chi connectivity index (χ3v) is 7.43. The third kappa shape index (κ3) is 9.93. The van der Waals surface area contributed by atoms with Crippen molar-refractivity contribution in [1.29, 1.82) is 0 Å². The van der Waals surface area contributed by atoms with Crippen molar-refractivity contribution < 1.29 is 33.4 Å². The van der Waals surface area contributed by atoms with Crippen molar-refractivity contribution in [1.82, 2.24) is 15.5 Å². The van der Waals surface area contributed by atoms with Crippen LogP contribution in [0.2, 0.25) is 0 Å². The molecule has 0 aliphatic carbocycles. The highest BCUT2D eigenvalue weighted by Gasteiger charge is 2.45. The van der Waals surface area contributed by atoms with Gasteiger partial charge < -0.3 is 29.7 Å². The Morgan fingerprint density at radius 1 is 0.851 bits per heavy atom. The lowest BCUT2D eigenvalue weighted by atomic mass is 9.96. The highest BCUT2D eigenvalue weighted by Crippen LogP contribution is 2.29. The van der Waals surface area contributed by atoms with Crippen LogP contribution in [0.5, 0.6) is 0 Å². The minimum atomic E-state index is -1.37. The molecule has 0 spiro atoms. The van der Waals surface area contributed by atoms with Gasteiger partial charge in [-0.25, -0.2) is 9.59 Å². The first kappa shape index (κ1) is 34.7. The van der Waals surface area contributed by atoms with Crippen LogP contribution < -0.4 is 10.6 Å². The number of rotatable bonds is 11. The van der Waals surface area contributed by atoms with Gasteiger partial charge in [-0.3, -0.25) is 9.59 Å². The maximum Gasteiger partial charge on any atom is 0.408 e. The van der Waals surface area contributed by atoms with Gasteiger partial charge in [-0.15, -0.1) is 0 Å². The topological polar surface area (TPSA) is 123 Å². The number of benzene rings is 3. The normalized spacial score (nSPS) is 17.5. The predicted octanol–water partition coefficient (Wildman–Crippen LogP) is 5.09. The lowest BCUT2D eigenvalue weighted by Gasteiger charge is -2.38. The van der Waals surface area contributed by atoms with Crippen LogP contribution >= 0.6 is 0 Å². The Hall–Kier alpha value is -5.12. The molecule has 10 heteroatoms. The molecule has 0 bridgehead atoms. The molecule has 1 heterocycles. The molecule has 3 atom stereocenters. The van der Waals surface area contributed by atoms with Gasteiger partial charge in [-0.2, -0.15) is 0 Å². The molecule has 3 aromatic carbocycles. The molecule has 0 saturated carbocycles. The zero-order valence-electron chi connectivity index (χ0n) is 27.5. The summed E-state index contributed by atoms with van der Waals surface area (Å²) in [6.45, 7) is 8.99. The zero-order chi connectivity index (χ0) is 34.0. The van der Waals surface area contributed by atoms with Crippen molar-refractivity contribution in [3.63, 3.8) is 0 Å². The van der Waals surface area contributed by atoms with Crippen LogP contribution in [0.1, 0.15) is 57.4 Å². The van der Waals surface area contributed by atoms with Gasteiger partial charge in [0.05, 0.1) is 12.1 Å². The summed E-state index contributed by atoms with van der Waals surface area (Å²) < 4.78 is 17.7. The first-order valence-corrected chi connectivity index (χ1v) is 15.7. The standard InChI is InChI=1S/C37H43N3O7/c1-6-40(23-22-26-16-10-7-11-17-26)34(42)33-31(38-25(2)41)29(39-36(44)47-37(3,4)5)24-30(45-33)35(43)46-32(27-18-12-8-13-19-27)28-20-14-9-15-21-28/h7-21,24,29,31-33H,6,22-23H2,1-5H3,(H,38,41)(H,39,44)/t29-,31+,33+/m0/s1. The van der Waals surface area contributed by atoms with Gasteiger partial charge in [-0.05, 0) is 56.9 Å². The summed E-state index contributed by atoms with van der Waals surface area (Å²) in [4.78, 5) is 55.1. The van der Waals surface area contributed by atoms with E-state index in [2.05, 4.69) is 10.6 Å². The Morgan fingerprint density at radius 2 is 1.40 bits per heavy atom. The van der Waals surface area contributed by atoms with E-state index < -0.39 is 53.8 Å². The summed E-state index contributed by atoms with van der Waals surface area (Å²) in [6, 6.07) is 26.1. The van der Waals surface area contributed by atoms with Crippen LogP contribution in [-0.2, 0) is 35.0 Å². The van der Waals surface area contributed by atoms with Gasteiger partial charge in [0.2, 0.25) is 11.7 Å². The fraction of sp³-hybridized carbons (Fsp3) is 0.351. The van der Waals surface area contributed by atoms with Crippen LogP contribution in [0, 0.1) is 0 Å². The molecular formula is C37H43N3O7. The molecular weight excluding hydrogens is 598 g/mol. The maximum absolute atomic E-state index is 14.2. The van der Waals surface area contributed by atoms with E-state index in [0.717, 1.165) is 16.7 Å². The van der Waals surface area contributed by atoms with Crippen LogP contribution in [0.3, 0.4) is 0 Å². The van der Waals surface area contributed by atoms with Crippen molar-refractivity contribution in [2.24, 2.45) is 0 Å². The van der Waals surface area contributed by atoms with Gasteiger partial charge in [0.25, 0.3) is 5.91 Å². The summed E-state index contributed by atoms with van der Waals surface area (Å²) in [5.41, 5.74) is 1.68. The first-order chi connectivity index (χ1) is 22.4. The highest BCUT2D eigenvalue weighted by atomic mass is 16.6. The Bertz CT molecular complexity index is 1500. The molecule has 3 amide bonds. The summed E-state index contributed by atoms with van der Waals surface area (Å²) in [6.07, 6.45) is -1.01. The Morgan fingerprint density at radius 3 is 1.91 bits per heavy atom. The fourth-order valence-electron chi connectivity index (χ4n) is 5.26. The predicted molar refractivity (Wildman–Crippen MR) is 177 cm³/mol. The van der Waals surface area contributed by atoms with Crippen molar-refractivity contribution in [2.45, 2.75) is 70.9 Å². The molecule has 0 radical (unpaired) electrons. The summed E-state index contributed by atoms with van der Waals surface area (Å²) in [5.74, 6) is -2.03. The number of hydrogen-bond acceptors (Lipinski definition) is 7. The van der Waals surface area contributed by atoms with Crippen LogP contribution in [0.25, 0.3) is 0 Å². The van der Waals surface area contributed by atoms with Crippen molar-refractivity contribution in [3.8, 4) is 0 Å². The monoisotopic (exact) mass is 641 g/mol. The molecule has 0 aromatic heterocycles. The lowest BCUT2D eigenvalue weighted by Crippen LogP contribution is -2.63. The number of esters is 1. The smallest absolute Gasteiger partial charge is 0.408 e. The van der Waals surface area contributed by atoms with Gasteiger partial charge in [0.1, 0.15) is 5.60 Å². The number of alkyl carbamates (subject to hydrolysis) is 1. The number of nitrogens with zero attached hydrogens (tertiary/aromatic N) is 1.